The first-order valence-corrected chi connectivity index (χ1v) is 6.93. The summed E-state index contributed by atoms with van der Waals surface area (Å²) in [7, 11) is 3.63. The molecule has 2 rings (SSSR count). The number of hydrogen-bond acceptors (Lipinski definition) is 2. The van der Waals surface area contributed by atoms with Crippen LogP contribution in [0.1, 0.15) is 28.4 Å². The van der Waals surface area contributed by atoms with Crippen molar-refractivity contribution in [2.75, 3.05) is 7.05 Å². The summed E-state index contributed by atoms with van der Waals surface area (Å²) in [4.78, 5) is 0. The molecule has 1 N–H and O–H groups in total. The number of benzene rings is 1. The van der Waals surface area contributed by atoms with Crippen LogP contribution in [0.2, 0.25) is 5.15 Å². The lowest BCUT2D eigenvalue weighted by molar-refractivity contribution is 0.529. The standard InChI is InChI=1S/C15H19ClFN3/c1-9-6-5-7-11(14(9)17)13(18-3)8-12-10(2)19-20(4)15(12)16/h5-7,13,18H,8H2,1-4H3. The van der Waals surface area contributed by atoms with Crippen LogP contribution >= 0.6 is 11.6 Å². The highest BCUT2D eigenvalue weighted by Crippen LogP contribution is 2.27. The topological polar surface area (TPSA) is 29.9 Å². The van der Waals surface area contributed by atoms with Crippen molar-refractivity contribution in [1.82, 2.24) is 15.1 Å². The zero-order valence-electron chi connectivity index (χ0n) is 12.2. The Labute approximate surface area is 123 Å². The minimum absolute atomic E-state index is 0.129. The molecule has 1 atom stereocenters. The number of halogens is 2. The summed E-state index contributed by atoms with van der Waals surface area (Å²) in [6.45, 7) is 3.69. The summed E-state index contributed by atoms with van der Waals surface area (Å²) in [6, 6.07) is 5.32. The molecule has 0 aliphatic rings. The van der Waals surface area contributed by atoms with Crippen LogP contribution in [-0.4, -0.2) is 16.8 Å². The van der Waals surface area contributed by atoms with Gasteiger partial charge in [-0.2, -0.15) is 5.10 Å². The Morgan fingerprint density at radius 2 is 2.10 bits per heavy atom. The molecule has 0 bridgehead atoms. The van der Waals surface area contributed by atoms with Gasteiger partial charge in [0, 0.05) is 24.2 Å². The third-order valence-corrected chi connectivity index (χ3v) is 4.10. The van der Waals surface area contributed by atoms with Crippen LogP contribution in [0.5, 0.6) is 0 Å². The van der Waals surface area contributed by atoms with E-state index in [0.29, 0.717) is 22.7 Å². The zero-order valence-corrected chi connectivity index (χ0v) is 12.9. The number of nitrogens with zero attached hydrogens (tertiary/aromatic N) is 2. The summed E-state index contributed by atoms with van der Waals surface area (Å²) in [6.07, 6.45) is 0.607. The lowest BCUT2D eigenvalue weighted by Gasteiger charge is -2.18. The van der Waals surface area contributed by atoms with E-state index in [9.17, 15) is 4.39 Å². The molecule has 0 aliphatic carbocycles. The normalized spacial score (nSPS) is 12.7. The van der Waals surface area contributed by atoms with Gasteiger partial charge in [-0.05, 0) is 32.9 Å². The van der Waals surface area contributed by atoms with Crippen molar-refractivity contribution < 1.29 is 4.39 Å². The lowest BCUT2D eigenvalue weighted by atomic mass is 9.97. The van der Waals surface area contributed by atoms with Crippen LogP contribution in [0.4, 0.5) is 4.39 Å². The molecule has 1 heterocycles. The van der Waals surface area contributed by atoms with Crippen LogP contribution < -0.4 is 5.32 Å². The third-order valence-electron chi connectivity index (χ3n) is 3.62. The average Bonchev–Trinajstić information content (AvgIpc) is 2.65. The van der Waals surface area contributed by atoms with E-state index in [4.69, 9.17) is 11.6 Å². The molecular formula is C15H19ClFN3. The van der Waals surface area contributed by atoms with Gasteiger partial charge >= 0.3 is 0 Å². The van der Waals surface area contributed by atoms with Gasteiger partial charge in [-0.25, -0.2) is 4.39 Å². The first-order valence-electron chi connectivity index (χ1n) is 6.56. The zero-order chi connectivity index (χ0) is 14.9. The molecule has 0 saturated carbocycles. The van der Waals surface area contributed by atoms with Gasteiger partial charge in [-0.3, -0.25) is 4.68 Å². The Hall–Kier alpha value is -1.39. The predicted molar refractivity (Wildman–Crippen MR) is 79.6 cm³/mol. The van der Waals surface area contributed by atoms with Crippen molar-refractivity contribution in [3.05, 3.63) is 51.6 Å². The van der Waals surface area contributed by atoms with E-state index in [2.05, 4.69) is 10.4 Å². The number of aryl methyl sites for hydroxylation is 3. The van der Waals surface area contributed by atoms with Crippen LogP contribution in [-0.2, 0) is 13.5 Å². The summed E-state index contributed by atoms with van der Waals surface area (Å²) < 4.78 is 15.9. The fourth-order valence-electron chi connectivity index (χ4n) is 2.42. The Bertz CT molecular complexity index is 622. The Balaban J connectivity index is 2.36. The molecule has 0 saturated heterocycles. The first-order chi connectivity index (χ1) is 9.45. The van der Waals surface area contributed by atoms with Crippen molar-refractivity contribution in [3.8, 4) is 0 Å². The van der Waals surface area contributed by atoms with E-state index in [1.165, 1.54) is 0 Å². The van der Waals surface area contributed by atoms with Gasteiger partial charge in [0.05, 0.1) is 5.69 Å². The van der Waals surface area contributed by atoms with E-state index in [0.717, 1.165) is 11.3 Å². The molecule has 5 heteroatoms. The highest BCUT2D eigenvalue weighted by Gasteiger charge is 2.20. The molecule has 2 aromatic rings. The van der Waals surface area contributed by atoms with Crippen molar-refractivity contribution in [1.29, 1.82) is 0 Å². The van der Waals surface area contributed by atoms with Crippen molar-refractivity contribution in [2.45, 2.75) is 26.3 Å². The first kappa shape index (κ1) is 15.0. The molecule has 3 nitrogen and oxygen atoms in total. The molecular weight excluding hydrogens is 277 g/mol. The van der Waals surface area contributed by atoms with E-state index < -0.39 is 0 Å². The molecule has 0 fully saturated rings. The van der Waals surface area contributed by atoms with Crippen molar-refractivity contribution >= 4 is 11.6 Å². The fourth-order valence-corrected chi connectivity index (χ4v) is 2.67. The van der Waals surface area contributed by atoms with Gasteiger partial charge in [0.15, 0.2) is 0 Å². The van der Waals surface area contributed by atoms with Gasteiger partial charge in [0.2, 0.25) is 0 Å². The third kappa shape index (κ3) is 2.72. The largest absolute Gasteiger partial charge is 0.313 e. The molecule has 1 unspecified atom stereocenters. The molecule has 1 aromatic heterocycles. The Morgan fingerprint density at radius 1 is 1.40 bits per heavy atom. The van der Waals surface area contributed by atoms with Gasteiger partial charge < -0.3 is 5.32 Å². The number of nitrogens with one attached hydrogen (secondary N) is 1. The second kappa shape index (κ2) is 5.94. The molecule has 20 heavy (non-hydrogen) atoms. The van der Waals surface area contributed by atoms with Gasteiger partial charge in [0.1, 0.15) is 11.0 Å². The van der Waals surface area contributed by atoms with Crippen LogP contribution in [0.15, 0.2) is 18.2 Å². The van der Waals surface area contributed by atoms with Crippen LogP contribution in [0, 0.1) is 19.7 Å². The molecule has 0 amide bonds. The second-order valence-electron chi connectivity index (χ2n) is 5.00. The summed E-state index contributed by atoms with van der Waals surface area (Å²) in [5, 5.41) is 8.06. The van der Waals surface area contributed by atoms with Crippen LogP contribution in [0.3, 0.4) is 0 Å². The maximum Gasteiger partial charge on any atom is 0.130 e. The lowest BCUT2D eigenvalue weighted by Crippen LogP contribution is -2.20. The van der Waals surface area contributed by atoms with Gasteiger partial charge in [-0.15, -0.1) is 0 Å². The number of hydrogen-bond donors (Lipinski definition) is 1. The number of aromatic nitrogens is 2. The SMILES string of the molecule is CNC(Cc1c(C)nn(C)c1Cl)c1cccc(C)c1F. The monoisotopic (exact) mass is 295 g/mol. The Morgan fingerprint density at radius 3 is 2.65 bits per heavy atom. The molecule has 0 radical (unpaired) electrons. The molecule has 0 spiro atoms. The highest BCUT2D eigenvalue weighted by molar-refractivity contribution is 6.30. The smallest absolute Gasteiger partial charge is 0.130 e. The Kier molecular flexibility index (Phi) is 4.45. The summed E-state index contributed by atoms with van der Waals surface area (Å²) >= 11 is 6.25. The minimum Gasteiger partial charge on any atom is -0.313 e. The number of rotatable bonds is 4. The van der Waals surface area contributed by atoms with E-state index >= 15 is 0 Å². The van der Waals surface area contributed by atoms with Crippen molar-refractivity contribution in [2.24, 2.45) is 7.05 Å². The minimum atomic E-state index is -0.162. The summed E-state index contributed by atoms with van der Waals surface area (Å²) in [5.41, 5.74) is 3.14. The van der Waals surface area contributed by atoms with Crippen molar-refractivity contribution in [3.63, 3.8) is 0 Å². The average molecular weight is 296 g/mol. The quantitative estimate of drug-likeness (QED) is 0.937. The molecule has 108 valence electrons. The maximum absolute atomic E-state index is 14.3. The van der Waals surface area contributed by atoms with E-state index in [1.807, 2.05) is 26.1 Å². The van der Waals surface area contributed by atoms with E-state index in [-0.39, 0.29) is 11.9 Å². The number of likely N-dealkylation sites (N-methyl/N-ethyl adjacent to an activating group) is 1. The predicted octanol–water partition coefficient (Wildman–Crippen LogP) is 3.33. The maximum atomic E-state index is 14.3. The van der Waals surface area contributed by atoms with Gasteiger partial charge in [0.25, 0.3) is 0 Å². The summed E-state index contributed by atoms with van der Waals surface area (Å²) in [5.74, 6) is -0.162. The fraction of sp³-hybridized carbons (Fsp3) is 0.400. The second-order valence-corrected chi connectivity index (χ2v) is 5.36. The van der Waals surface area contributed by atoms with Crippen LogP contribution in [0.25, 0.3) is 0 Å². The molecule has 1 aromatic carbocycles. The van der Waals surface area contributed by atoms with E-state index in [1.54, 1.807) is 24.7 Å². The molecule has 0 aliphatic heterocycles. The highest BCUT2D eigenvalue weighted by atomic mass is 35.5. The van der Waals surface area contributed by atoms with Gasteiger partial charge in [-0.1, -0.05) is 29.8 Å².